The Balaban J connectivity index is 1.36. The van der Waals surface area contributed by atoms with E-state index in [0.717, 1.165) is 40.6 Å². The summed E-state index contributed by atoms with van der Waals surface area (Å²) < 4.78 is 5.88. The first kappa shape index (κ1) is 25.4. The fourth-order valence-electron chi connectivity index (χ4n) is 4.04. The van der Waals surface area contributed by atoms with Crippen LogP contribution in [0.3, 0.4) is 0 Å². The number of ether oxygens (including phenoxy) is 1. The molecule has 1 aromatic heterocycles. The molecule has 0 amide bonds. The van der Waals surface area contributed by atoms with Crippen LogP contribution in [-0.2, 0) is 0 Å². The van der Waals surface area contributed by atoms with Crippen LogP contribution in [0.25, 0.3) is 34.0 Å². The number of allylic oxidation sites excluding steroid dienone is 1. The molecule has 0 saturated heterocycles. The predicted molar refractivity (Wildman–Crippen MR) is 152 cm³/mol. The highest BCUT2D eigenvalue weighted by Crippen LogP contribution is 2.29. The topological polar surface area (TPSA) is 45.9 Å². The highest BCUT2D eigenvalue weighted by molar-refractivity contribution is 7.11. The molecule has 4 aromatic rings. The molecule has 1 heterocycles. The molecule has 0 N–H and O–H groups in total. The summed E-state index contributed by atoms with van der Waals surface area (Å²) in [5.41, 5.74) is 5.81. The normalized spacial score (nSPS) is 11.3. The summed E-state index contributed by atoms with van der Waals surface area (Å²) in [6, 6.07) is 29.0. The van der Waals surface area contributed by atoms with E-state index in [1.54, 1.807) is 0 Å². The SMILES string of the molecule is CCCCCCCCOc1ccc(/C=C(\C#N)c2nc(-c3ccc(-c4ccccc4)cc3)cs2)cc1. The Kier molecular flexibility index (Phi) is 9.47. The summed E-state index contributed by atoms with van der Waals surface area (Å²) in [7, 11) is 0. The zero-order chi connectivity index (χ0) is 25.0. The maximum Gasteiger partial charge on any atom is 0.134 e. The second-order valence-electron chi connectivity index (χ2n) is 8.84. The molecular weight excluding hydrogens is 460 g/mol. The number of benzene rings is 3. The number of hydrogen-bond acceptors (Lipinski definition) is 4. The minimum absolute atomic E-state index is 0.563. The first-order valence-corrected chi connectivity index (χ1v) is 13.6. The van der Waals surface area contributed by atoms with Crippen molar-refractivity contribution in [2.45, 2.75) is 45.4 Å². The zero-order valence-electron chi connectivity index (χ0n) is 20.8. The Morgan fingerprint density at radius 1 is 0.833 bits per heavy atom. The van der Waals surface area contributed by atoms with Gasteiger partial charge in [0.2, 0.25) is 0 Å². The number of thiazole rings is 1. The molecule has 0 aliphatic rings. The molecule has 0 aliphatic carbocycles. The van der Waals surface area contributed by atoms with Crippen molar-refractivity contribution in [1.29, 1.82) is 5.26 Å². The van der Waals surface area contributed by atoms with E-state index in [9.17, 15) is 5.26 Å². The molecule has 3 aromatic carbocycles. The maximum absolute atomic E-state index is 9.78. The van der Waals surface area contributed by atoms with E-state index < -0.39 is 0 Å². The maximum atomic E-state index is 9.78. The average molecular weight is 493 g/mol. The van der Waals surface area contributed by atoms with E-state index in [-0.39, 0.29) is 0 Å². The van der Waals surface area contributed by atoms with Crippen molar-refractivity contribution < 1.29 is 4.74 Å². The van der Waals surface area contributed by atoms with E-state index in [1.807, 2.05) is 53.9 Å². The van der Waals surface area contributed by atoms with Crippen LogP contribution in [0, 0.1) is 11.3 Å². The van der Waals surface area contributed by atoms with Gasteiger partial charge in [0.05, 0.1) is 17.9 Å². The summed E-state index contributed by atoms with van der Waals surface area (Å²) in [5, 5.41) is 12.5. The summed E-state index contributed by atoms with van der Waals surface area (Å²) >= 11 is 1.49. The number of nitriles is 1. The zero-order valence-corrected chi connectivity index (χ0v) is 21.6. The lowest BCUT2D eigenvalue weighted by Crippen LogP contribution is -1.97. The van der Waals surface area contributed by atoms with Crippen LogP contribution in [0.1, 0.15) is 56.0 Å². The Hall–Kier alpha value is -3.68. The third kappa shape index (κ3) is 7.16. The van der Waals surface area contributed by atoms with E-state index in [1.165, 1.54) is 54.6 Å². The van der Waals surface area contributed by atoms with Gasteiger partial charge in [0.25, 0.3) is 0 Å². The number of nitrogens with zero attached hydrogens (tertiary/aromatic N) is 2. The smallest absolute Gasteiger partial charge is 0.134 e. The van der Waals surface area contributed by atoms with Gasteiger partial charge < -0.3 is 4.74 Å². The molecular formula is C32H32N2OS. The van der Waals surface area contributed by atoms with Gasteiger partial charge in [0, 0.05) is 10.9 Å². The molecule has 0 aliphatic heterocycles. The summed E-state index contributed by atoms with van der Waals surface area (Å²) in [6.07, 6.45) is 9.40. The Morgan fingerprint density at radius 2 is 1.50 bits per heavy atom. The number of aromatic nitrogens is 1. The first-order chi connectivity index (χ1) is 17.8. The molecule has 182 valence electrons. The van der Waals surface area contributed by atoms with Gasteiger partial charge in [-0.05, 0) is 41.3 Å². The third-order valence-electron chi connectivity index (χ3n) is 6.10. The summed E-state index contributed by atoms with van der Waals surface area (Å²) in [4.78, 5) is 4.75. The number of hydrogen-bond donors (Lipinski definition) is 0. The van der Waals surface area contributed by atoms with Crippen molar-refractivity contribution in [2.75, 3.05) is 6.61 Å². The highest BCUT2D eigenvalue weighted by Gasteiger charge is 2.10. The molecule has 0 atom stereocenters. The third-order valence-corrected chi connectivity index (χ3v) is 6.98. The van der Waals surface area contributed by atoms with Crippen molar-refractivity contribution in [3.05, 3.63) is 94.8 Å². The van der Waals surface area contributed by atoms with Gasteiger partial charge in [-0.2, -0.15) is 5.26 Å². The minimum atomic E-state index is 0.563. The van der Waals surface area contributed by atoms with Crippen LogP contribution in [-0.4, -0.2) is 11.6 Å². The molecule has 4 rings (SSSR count). The van der Waals surface area contributed by atoms with Crippen molar-refractivity contribution in [2.24, 2.45) is 0 Å². The van der Waals surface area contributed by atoms with Gasteiger partial charge in [0.15, 0.2) is 0 Å². The van der Waals surface area contributed by atoms with Gasteiger partial charge in [-0.3, -0.25) is 0 Å². The van der Waals surface area contributed by atoms with Gasteiger partial charge in [-0.15, -0.1) is 11.3 Å². The quantitative estimate of drug-likeness (QED) is 0.146. The molecule has 4 heteroatoms. The Bertz CT molecular complexity index is 1280. The molecule has 0 unspecified atom stereocenters. The fraction of sp³-hybridized carbons (Fsp3) is 0.250. The molecule has 0 radical (unpaired) electrons. The summed E-state index contributed by atoms with van der Waals surface area (Å²) in [6.45, 7) is 2.99. The molecule has 0 fully saturated rings. The standard InChI is InChI=1S/C32H32N2OS/c1-2-3-4-5-6-10-21-35-30-19-13-25(14-20-30)22-29(23-33)32-34-31(24-36-32)28-17-15-27(16-18-28)26-11-8-7-9-12-26/h7-9,11-20,22,24H,2-6,10,21H2,1H3/b29-22+. The first-order valence-electron chi connectivity index (χ1n) is 12.7. The molecule has 0 bridgehead atoms. The van der Waals surface area contributed by atoms with E-state index in [4.69, 9.17) is 9.72 Å². The Morgan fingerprint density at radius 3 is 2.22 bits per heavy atom. The number of unbranched alkanes of at least 4 members (excludes halogenated alkanes) is 5. The fourth-order valence-corrected chi connectivity index (χ4v) is 4.83. The van der Waals surface area contributed by atoms with Gasteiger partial charge in [-0.25, -0.2) is 4.98 Å². The van der Waals surface area contributed by atoms with Crippen LogP contribution in [0.2, 0.25) is 0 Å². The van der Waals surface area contributed by atoms with Crippen LogP contribution < -0.4 is 4.74 Å². The summed E-state index contributed by atoms with van der Waals surface area (Å²) in [5.74, 6) is 0.870. The van der Waals surface area contributed by atoms with Crippen molar-refractivity contribution in [3.8, 4) is 34.2 Å². The largest absolute Gasteiger partial charge is 0.494 e. The minimum Gasteiger partial charge on any atom is -0.494 e. The van der Waals surface area contributed by atoms with E-state index in [2.05, 4.69) is 49.4 Å². The van der Waals surface area contributed by atoms with Crippen molar-refractivity contribution in [1.82, 2.24) is 4.98 Å². The van der Waals surface area contributed by atoms with Crippen molar-refractivity contribution >= 4 is 23.0 Å². The lowest BCUT2D eigenvalue weighted by Gasteiger charge is -2.06. The van der Waals surface area contributed by atoms with Crippen LogP contribution >= 0.6 is 11.3 Å². The number of rotatable bonds is 12. The lowest BCUT2D eigenvalue weighted by atomic mass is 10.0. The Labute approximate surface area is 218 Å². The van der Waals surface area contributed by atoms with Crippen molar-refractivity contribution in [3.63, 3.8) is 0 Å². The van der Waals surface area contributed by atoms with Gasteiger partial charge >= 0.3 is 0 Å². The molecule has 36 heavy (non-hydrogen) atoms. The average Bonchev–Trinajstić information content (AvgIpc) is 3.43. The lowest BCUT2D eigenvalue weighted by molar-refractivity contribution is 0.304. The highest BCUT2D eigenvalue weighted by atomic mass is 32.1. The van der Waals surface area contributed by atoms with Crippen LogP contribution in [0.4, 0.5) is 0 Å². The second-order valence-corrected chi connectivity index (χ2v) is 9.69. The second kappa shape index (κ2) is 13.4. The monoisotopic (exact) mass is 492 g/mol. The molecule has 0 saturated carbocycles. The van der Waals surface area contributed by atoms with Gasteiger partial charge in [0.1, 0.15) is 16.8 Å². The van der Waals surface area contributed by atoms with Crippen LogP contribution in [0.5, 0.6) is 5.75 Å². The molecule has 3 nitrogen and oxygen atoms in total. The van der Waals surface area contributed by atoms with E-state index in [0.29, 0.717) is 5.57 Å². The van der Waals surface area contributed by atoms with Crippen LogP contribution in [0.15, 0.2) is 84.2 Å². The predicted octanol–water partition coefficient (Wildman–Crippen LogP) is 9.28. The molecule has 0 spiro atoms. The van der Waals surface area contributed by atoms with E-state index >= 15 is 0 Å². The van der Waals surface area contributed by atoms with Gasteiger partial charge in [-0.1, -0.05) is 106 Å².